The molecular weight excluding hydrogens is 348 g/mol. The van der Waals surface area contributed by atoms with Gasteiger partial charge in [-0.3, -0.25) is 19.7 Å². The molecule has 0 aromatic heterocycles. The van der Waals surface area contributed by atoms with Gasteiger partial charge in [-0.15, -0.1) is 0 Å². The molecule has 142 valence electrons. The molecule has 0 aliphatic heterocycles. The molecule has 0 saturated carbocycles. The predicted molar refractivity (Wildman–Crippen MR) is 101 cm³/mol. The molecule has 0 heterocycles. The number of Topliss-reactive ketones (excluding diaryl/α,β-unsaturated/α-hetero) is 1. The van der Waals surface area contributed by atoms with E-state index in [1.807, 2.05) is 6.07 Å². The number of nitrogens with zero attached hydrogens (tertiary/aromatic N) is 2. The van der Waals surface area contributed by atoms with Gasteiger partial charge in [0, 0.05) is 17.7 Å². The molecule has 0 aliphatic carbocycles. The zero-order valence-corrected chi connectivity index (χ0v) is 15.3. The van der Waals surface area contributed by atoms with Gasteiger partial charge < -0.3 is 9.64 Å². The van der Waals surface area contributed by atoms with Crippen LogP contribution in [0.25, 0.3) is 0 Å². The van der Waals surface area contributed by atoms with Crippen LogP contribution in [0.2, 0.25) is 0 Å². The first-order valence-corrected chi connectivity index (χ1v) is 8.62. The highest BCUT2D eigenvalue weighted by Gasteiger charge is 2.21. The van der Waals surface area contributed by atoms with Gasteiger partial charge in [0.15, 0.2) is 11.5 Å². The second kappa shape index (κ2) is 9.47. The van der Waals surface area contributed by atoms with Crippen LogP contribution in [0.15, 0.2) is 48.5 Å². The summed E-state index contributed by atoms with van der Waals surface area (Å²) in [4.78, 5) is 35.9. The van der Waals surface area contributed by atoms with Crippen molar-refractivity contribution in [3.8, 4) is 5.75 Å². The Balaban J connectivity index is 1.92. The van der Waals surface area contributed by atoms with Gasteiger partial charge in [-0.1, -0.05) is 42.5 Å². The number of ketones is 1. The van der Waals surface area contributed by atoms with Crippen molar-refractivity contribution in [2.24, 2.45) is 0 Å². The number of amides is 1. The number of aryl methyl sites for hydroxylation is 1. The Morgan fingerprint density at radius 3 is 2.56 bits per heavy atom. The summed E-state index contributed by atoms with van der Waals surface area (Å²) in [7, 11) is 0. The second-order valence-corrected chi connectivity index (χ2v) is 6.13. The van der Waals surface area contributed by atoms with Crippen LogP contribution in [0, 0.1) is 17.0 Å². The van der Waals surface area contributed by atoms with Crippen molar-refractivity contribution in [1.29, 1.82) is 0 Å². The monoisotopic (exact) mass is 370 g/mol. The molecule has 27 heavy (non-hydrogen) atoms. The van der Waals surface area contributed by atoms with Crippen LogP contribution in [0.5, 0.6) is 5.75 Å². The molecule has 2 aromatic rings. The number of hydrogen-bond donors (Lipinski definition) is 0. The van der Waals surface area contributed by atoms with E-state index in [0.717, 1.165) is 0 Å². The van der Waals surface area contributed by atoms with Crippen molar-refractivity contribution in [3.63, 3.8) is 0 Å². The van der Waals surface area contributed by atoms with Gasteiger partial charge in [0.2, 0.25) is 6.41 Å². The van der Waals surface area contributed by atoms with Crippen molar-refractivity contribution >= 4 is 17.9 Å². The lowest BCUT2D eigenvalue weighted by atomic mass is 10.0. The number of carbonyl (C=O) groups is 2. The van der Waals surface area contributed by atoms with Gasteiger partial charge in [0.25, 0.3) is 0 Å². The maximum Gasteiger partial charge on any atom is 0.313 e. The fraction of sp³-hybridized carbons (Fsp3) is 0.300. The SMILES string of the molecule is Cc1cccc(OCCCN(C=O)C(C)C(=O)c2ccccc2)c1[N+](=O)[O-]. The van der Waals surface area contributed by atoms with Gasteiger partial charge in [0.05, 0.1) is 17.6 Å². The van der Waals surface area contributed by atoms with Crippen LogP contribution in [-0.4, -0.2) is 41.2 Å². The number of rotatable bonds is 10. The maximum absolute atomic E-state index is 12.4. The molecule has 0 spiro atoms. The zero-order chi connectivity index (χ0) is 19.8. The molecule has 1 unspecified atom stereocenters. The average Bonchev–Trinajstić information content (AvgIpc) is 2.67. The summed E-state index contributed by atoms with van der Waals surface area (Å²) in [5.41, 5.74) is 1.01. The van der Waals surface area contributed by atoms with E-state index in [2.05, 4.69) is 0 Å². The Morgan fingerprint density at radius 2 is 1.93 bits per heavy atom. The number of nitro benzene ring substituents is 1. The molecule has 0 radical (unpaired) electrons. The highest BCUT2D eigenvalue weighted by molar-refractivity contribution is 6.00. The summed E-state index contributed by atoms with van der Waals surface area (Å²) >= 11 is 0. The third-order valence-electron chi connectivity index (χ3n) is 4.27. The maximum atomic E-state index is 12.4. The lowest BCUT2D eigenvalue weighted by Gasteiger charge is -2.24. The van der Waals surface area contributed by atoms with Crippen LogP contribution >= 0.6 is 0 Å². The Morgan fingerprint density at radius 1 is 1.22 bits per heavy atom. The minimum absolute atomic E-state index is 0.0580. The highest BCUT2D eigenvalue weighted by atomic mass is 16.6. The van der Waals surface area contributed by atoms with E-state index in [4.69, 9.17) is 4.74 Å². The first kappa shape index (κ1) is 20.1. The molecule has 0 bridgehead atoms. The van der Waals surface area contributed by atoms with E-state index >= 15 is 0 Å². The average molecular weight is 370 g/mol. The van der Waals surface area contributed by atoms with E-state index in [0.29, 0.717) is 30.5 Å². The normalized spacial score (nSPS) is 11.5. The number of benzene rings is 2. The summed E-state index contributed by atoms with van der Waals surface area (Å²) in [5, 5.41) is 11.2. The molecule has 2 rings (SSSR count). The summed E-state index contributed by atoms with van der Waals surface area (Å²) in [6.45, 7) is 3.83. The van der Waals surface area contributed by atoms with E-state index in [1.54, 1.807) is 56.3 Å². The van der Waals surface area contributed by atoms with E-state index in [-0.39, 0.29) is 23.8 Å². The van der Waals surface area contributed by atoms with Gasteiger partial charge in [-0.25, -0.2) is 0 Å². The van der Waals surface area contributed by atoms with Crippen LogP contribution in [0.3, 0.4) is 0 Å². The van der Waals surface area contributed by atoms with E-state index < -0.39 is 11.0 Å². The Labute approximate surface area is 157 Å². The number of para-hydroxylation sites is 1. The topological polar surface area (TPSA) is 89.8 Å². The lowest BCUT2D eigenvalue weighted by molar-refractivity contribution is -0.386. The minimum atomic E-state index is -0.599. The zero-order valence-electron chi connectivity index (χ0n) is 15.3. The number of nitro groups is 1. The first-order valence-electron chi connectivity index (χ1n) is 8.62. The summed E-state index contributed by atoms with van der Waals surface area (Å²) < 4.78 is 5.53. The van der Waals surface area contributed by atoms with Gasteiger partial charge in [-0.05, 0) is 26.3 Å². The minimum Gasteiger partial charge on any atom is -0.487 e. The smallest absolute Gasteiger partial charge is 0.313 e. The summed E-state index contributed by atoms with van der Waals surface area (Å²) in [6, 6.07) is 13.1. The first-order chi connectivity index (χ1) is 13.0. The largest absolute Gasteiger partial charge is 0.487 e. The summed E-state index contributed by atoms with van der Waals surface area (Å²) in [6.07, 6.45) is 1.08. The molecule has 7 heteroatoms. The molecule has 0 saturated heterocycles. The predicted octanol–water partition coefficient (Wildman–Crippen LogP) is 3.40. The highest BCUT2D eigenvalue weighted by Crippen LogP contribution is 2.30. The van der Waals surface area contributed by atoms with Gasteiger partial charge >= 0.3 is 5.69 Å². The van der Waals surface area contributed by atoms with Crippen molar-refractivity contribution in [3.05, 3.63) is 69.8 Å². The molecule has 2 aromatic carbocycles. The lowest BCUT2D eigenvalue weighted by Crippen LogP contribution is -2.39. The number of carbonyl (C=O) groups excluding carboxylic acids is 2. The van der Waals surface area contributed by atoms with Gasteiger partial charge in [0.1, 0.15) is 0 Å². The van der Waals surface area contributed by atoms with E-state index in [1.165, 1.54) is 4.90 Å². The van der Waals surface area contributed by atoms with Crippen molar-refractivity contribution in [1.82, 2.24) is 4.90 Å². The standard InChI is InChI=1S/C20H22N2O5/c1-15-8-6-11-18(19(15)22(25)26)27-13-7-12-21(14-23)16(2)20(24)17-9-4-3-5-10-17/h3-6,8-11,14,16H,7,12-13H2,1-2H3. The number of hydrogen-bond acceptors (Lipinski definition) is 5. The van der Waals surface area contributed by atoms with Crippen LogP contribution in [0.4, 0.5) is 5.69 Å². The molecule has 7 nitrogen and oxygen atoms in total. The fourth-order valence-corrected chi connectivity index (χ4v) is 2.74. The fourth-order valence-electron chi connectivity index (χ4n) is 2.74. The molecular formula is C20H22N2O5. The van der Waals surface area contributed by atoms with Crippen molar-refractivity contribution in [2.45, 2.75) is 26.3 Å². The molecule has 1 atom stereocenters. The van der Waals surface area contributed by atoms with Crippen LogP contribution < -0.4 is 4.74 Å². The van der Waals surface area contributed by atoms with Gasteiger partial charge in [-0.2, -0.15) is 0 Å². The quantitative estimate of drug-likeness (QED) is 0.210. The Kier molecular flexibility index (Phi) is 7.05. The molecule has 0 N–H and O–H groups in total. The molecule has 0 aliphatic rings. The van der Waals surface area contributed by atoms with Crippen molar-refractivity contribution in [2.75, 3.05) is 13.2 Å². The second-order valence-electron chi connectivity index (χ2n) is 6.13. The Hall–Kier alpha value is -3.22. The molecule has 0 fully saturated rings. The molecule has 1 amide bonds. The Bertz CT molecular complexity index is 807. The third kappa shape index (κ3) is 5.13. The third-order valence-corrected chi connectivity index (χ3v) is 4.27. The van der Waals surface area contributed by atoms with Crippen LogP contribution in [0.1, 0.15) is 29.3 Å². The summed E-state index contributed by atoms with van der Waals surface area (Å²) in [5.74, 6) is 0.0593. The van der Waals surface area contributed by atoms with Crippen LogP contribution in [-0.2, 0) is 4.79 Å². The van der Waals surface area contributed by atoms with Crippen molar-refractivity contribution < 1.29 is 19.2 Å². The van der Waals surface area contributed by atoms with E-state index in [9.17, 15) is 19.7 Å². The number of ether oxygens (including phenoxy) is 1.